The highest BCUT2D eigenvalue weighted by Gasteiger charge is 2.31. The molecule has 53 heavy (non-hydrogen) atoms. The van der Waals surface area contributed by atoms with Crippen LogP contribution >= 0.6 is 7.82 Å². The lowest BCUT2D eigenvalue weighted by Crippen LogP contribution is -2.51. The Kier molecular flexibility index (Phi) is 35.4. The van der Waals surface area contributed by atoms with Gasteiger partial charge in [-0.1, -0.05) is 154 Å². The van der Waals surface area contributed by atoms with Crippen LogP contribution in [0.1, 0.15) is 194 Å². The van der Waals surface area contributed by atoms with E-state index in [2.05, 4.69) is 26.0 Å². The van der Waals surface area contributed by atoms with Crippen LogP contribution in [0.15, 0.2) is 12.2 Å². The largest absolute Gasteiger partial charge is 0.472 e. The number of rotatable bonds is 40. The summed E-state index contributed by atoms with van der Waals surface area (Å²) in [6, 6.07) is 0. The number of unbranched alkanes of at least 4 members (excludes halogenated alkanes) is 23. The molecule has 0 bridgehead atoms. The van der Waals surface area contributed by atoms with E-state index in [4.69, 9.17) is 24.3 Å². The zero-order valence-electron chi connectivity index (χ0n) is 33.8. The third-order valence-corrected chi connectivity index (χ3v) is 10.4. The quantitative estimate of drug-likeness (QED) is 0.0202. The Bertz CT molecular complexity index is 930. The van der Waals surface area contributed by atoms with Gasteiger partial charge in [0.15, 0.2) is 6.10 Å². The zero-order chi connectivity index (χ0) is 39.3. The third kappa shape index (κ3) is 34.9. The highest BCUT2D eigenvalue weighted by molar-refractivity contribution is 7.47. The number of carbonyl (C=O) groups excluding carboxylic acids is 2. The molecule has 0 radical (unpaired) electrons. The van der Waals surface area contributed by atoms with Crippen LogP contribution in [-0.4, -0.2) is 71.7 Å². The van der Waals surface area contributed by atoms with Gasteiger partial charge in [-0.25, -0.2) is 4.57 Å². The Hall–Kier alpha value is -1.33. The van der Waals surface area contributed by atoms with E-state index in [1.807, 2.05) is 0 Å². The molecule has 0 saturated carbocycles. The van der Waals surface area contributed by atoms with Crippen LogP contribution in [-0.2, 0) is 32.7 Å². The molecule has 0 aliphatic carbocycles. The van der Waals surface area contributed by atoms with Crippen molar-refractivity contribution in [3.05, 3.63) is 12.2 Å². The minimum absolute atomic E-state index is 0.174. The molecule has 11 nitrogen and oxygen atoms in total. The summed E-state index contributed by atoms with van der Waals surface area (Å²) in [6.07, 6.45) is 34.3. The SMILES string of the molecule is CCCCCCCC/C=C\CCCCCCCC(=O)OC[C@H](COP(=O)(O)OCC(N)(CO)CO)OC(=O)CCCCCCCCCCCCCCC. The Morgan fingerprint density at radius 3 is 1.43 bits per heavy atom. The van der Waals surface area contributed by atoms with Gasteiger partial charge in [0.2, 0.25) is 0 Å². The molecule has 0 aromatic carbocycles. The van der Waals surface area contributed by atoms with Gasteiger partial charge in [0.25, 0.3) is 0 Å². The minimum Gasteiger partial charge on any atom is -0.462 e. The van der Waals surface area contributed by atoms with E-state index in [1.165, 1.54) is 96.3 Å². The average molecular weight is 778 g/mol. The van der Waals surface area contributed by atoms with E-state index in [0.29, 0.717) is 12.8 Å². The first-order valence-corrected chi connectivity index (χ1v) is 22.7. The number of esters is 2. The summed E-state index contributed by atoms with van der Waals surface area (Å²) < 4.78 is 33.1. The van der Waals surface area contributed by atoms with Gasteiger partial charge in [-0.05, 0) is 38.5 Å². The normalized spacial score (nSPS) is 13.7. The van der Waals surface area contributed by atoms with Crippen molar-refractivity contribution in [1.82, 2.24) is 0 Å². The standard InChI is InChI=1S/C41H80NO10P/c1-3-5-7-9-11-13-15-17-18-20-21-23-25-27-29-31-39(45)49-33-38(34-50-53(47,48)51-37-41(42,35-43)36-44)52-40(46)32-30-28-26-24-22-19-16-14-12-10-8-6-4-2/h17-18,38,43-44H,3-16,19-37,42H2,1-2H3,(H,47,48)/b18-17-/t38-/m1/s1. The number of carbonyl (C=O) groups is 2. The molecule has 0 fully saturated rings. The highest BCUT2D eigenvalue weighted by atomic mass is 31.2. The van der Waals surface area contributed by atoms with Gasteiger partial charge in [0, 0.05) is 12.8 Å². The molecule has 314 valence electrons. The second kappa shape index (κ2) is 36.3. The fourth-order valence-electron chi connectivity index (χ4n) is 5.81. The molecule has 0 aromatic rings. The van der Waals surface area contributed by atoms with E-state index in [-0.39, 0.29) is 19.4 Å². The van der Waals surface area contributed by atoms with Crippen molar-refractivity contribution in [2.45, 2.75) is 205 Å². The summed E-state index contributed by atoms with van der Waals surface area (Å²) in [6.45, 7) is 1.56. The summed E-state index contributed by atoms with van der Waals surface area (Å²) in [5.41, 5.74) is 4.06. The molecular weight excluding hydrogens is 697 g/mol. The molecule has 0 amide bonds. The zero-order valence-corrected chi connectivity index (χ0v) is 34.7. The van der Waals surface area contributed by atoms with Gasteiger partial charge in [0.1, 0.15) is 6.61 Å². The molecule has 2 atom stereocenters. The molecule has 0 aromatic heterocycles. The summed E-state index contributed by atoms with van der Waals surface area (Å²) in [7, 11) is -4.70. The Morgan fingerprint density at radius 2 is 1.00 bits per heavy atom. The molecular formula is C41H80NO10P. The van der Waals surface area contributed by atoms with Crippen molar-refractivity contribution in [3.8, 4) is 0 Å². The van der Waals surface area contributed by atoms with Gasteiger partial charge in [-0.3, -0.25) is 18.6 Å². The van der Waals surface area contributed by atoms with Crippen molar-refractivity contribution in [2.75, 3.05) is 33.0 Å². The number of phosphoric ester groups is 1. The maximum absolute atomic E-state index is 12.6. The van der Waals surface area contributed by atoms with Crippen LogP contribution in [0.25, 0.3) is 0 Å². The van der Waals surface area contributed by atoms with Crippen LogP contribution in [0.3, 0.4) is 0 Å². The van der Waals surface area contributed by atoms with Crippen molar-refractivity contribution in [1.29, 1.82) is 0 Å². The summed E-state index contributed by atoms with van der Waals surface area (Å²) in [5.74, 6) is -0.951. The fourth-order valence-corrected chi connectivity index (χ4v) is 6.66. The number of hydrogen-bond donors (Lipinski definition) is 4. The van der Waals surface area contributed by atoms with Gasteiger partial charge < -0.3 is 30.3 Å². The summed E-state index contributed by atoms with van der Waals surface area (Å²) in [4.78, 5) is 35.2. The van der Waals surface area contributed by atoms with Crippen LogP contribution in [0.5, 0.6) is 0 Å². The van der Waals surface area contributed by atoms with Crippen molar-refractivity contribution < 1.29 is 47.8 Å². The smallest absolute Gasteiger partial charge is 0.462 e. The summed E-state index contributed by atoms with van der Waals surface area (Å²) in [5, 5.41) is 18.6. The molecule has 0 saturated heterocycles. The highest BCUT2D eigenvalue weighted by Crippen LogP contribution is 2.44. The first-order valence-electron chi connectivity index (χ1n) is 21.2. The van der Waals surface area contributed by atoms with Crippen molar-refractivity contribution >= 4 is 19.8 Å². The molecule has 0 aliphatic heterocycles. The molecule has 12 heteroatoms. The second-order valence-corrected chi connectivity index (χ2v) is 16.3. The Balaban J connectivity index is 4.46. The average Bonchev–Trinajstić information content (AvgIpc) is 3.15. The Labute approximate surface area is 323 Å². The number of allylic oxidation sites excluding steroid dienone is 2. The maximum Gasteiger partial charge on any atom is 0.472 e. The van der Waals surface area contributed by atoms with Crippen LogP contribution in [0.2, 0.25) is 0 Å². The number of aliphatic hydroxyl groups is 2. The van der Waals surface area contributed by atoms with Gasteiger partial charge >= 0.3 is 19.8 Å². The first-order chi connectivity index (χ1) is 25.6. The van der Waals surface area contributed by atoms with Crippen molar-refractivity contribution in [2.24, 2.45) is 5.73 Å². The maximum atomic E-state index is 12.6. The first kappa shape index (κ1) is 51.7. The lowest BCUT2D eigenvalue weighted by Gasteiger charge is -2.25. The number of phosphoric acid groups is 1. The third-order valence-electron chi connectivity index (χ3n) is 9.42. The molecule has 1 unspecified atom stereocenters. The molecule has 0 rings (SSSR count). The topological polar surface area (TPSA) is 175 Å². The van der Waals surface area contributed by atoms with E-state index < -0.39 is 57.8 Å². The van der Waals surface area contributed by atoms with Crippen molar-refractivity contribution in [3.63, 3.8) is 0 Å². The van der Waals surface area contributed by atoms with Gasteiger partial charge in [-0.15, -0.1) is 0 Å². The monoisotopic (exact) mass is 778 g/mol. The molecule has 5 N–H and O–H groups in total. The number of ether oxygens (including phenoxy) is 2. The molecule has 0 aliphatic rings. The van der Waals surface area contributed by atoms with Crippen LogP contribution < -0.4 is 5.73 Å². The number of nitrogens with two attached hydrogens (primary N) is 1. The second-order valence-electron chi connectivity index (χ2n) is 14.8. The van der Waals surface area contributed by atoms with E-state index in [9.17, 15) is 29.3 Å². The lowest BCUT2D eigenvalue weighted by atomic mass is 10.0. The van der Waals surface area contributed by atoms with Gasteiger partial charge in [-0.2, -0.15) is 0 Å². The number of aliphatic hydroxyl groups excluding tert-OH is 2. The van der Waals surface area contributed by atoms with E-state index in [0.717, 1.165) is 57.8 Å². The summed E-state index contributed by atoms with van der Waals surface area (Å²) >= 11 is 0. The van der Waals surface area contributed by atoms with Crippen LogP contribution in [0.4, 0.5) is 0 Å². The molecule has 0 heterocycles. The number of hydrogen-bond acceptors (Lipinski definition) is 10. The van der Waals surface area contributed by atoms with E-state index >= 15 is 0 Å². The fraction of sp³-hybridized carbons (Fsp3) is 0.902. The Morgan fingerprint density at radius 1 is 0.604 bits per heavy atom. The van der Waals surface area contributed by atoms with Gasteiger partial charge in [0.05, 0.1) is 32.0 Å². The van der Waals surface area contributed by atoms with Crippen LogP contribution in [0, 0.1) is 0 Å². The molecule has 0 spiro atoms. The predicted molar refractivity (Wildman–Crippen MR) is 213 cm³/mol. The van der Waals surface area contributed by atoms with E-state index in [1.54, 1.807) is 0 Å². The predicted octanol–water partition coefficient (Wildman–Crippen LogP) is 9.78. The minimum atomic E-state index is -4.70. The lowest BCUT2D eigenvalue weighted by molar-refractivity contribution is -0.161.